The minimum atomic E-state index is -1.08. The van der Waals surface area contributed by atoms with Gasteiger partial charge in [0.15, 0.2) is 5.96 Å². The van der Waals surface area contributed by atoms with Gasteiger partial charge in [0, 0.05) is 6.54 Å². The molecule has 0 spiro atoms. The summed E-state index contributed by atoms with van der Waals surface area (Å²) in [4.78, 5) is 33.2. The summed E-state index contributed by atoms with van der Waals surface area (Å²) in [6, 6.07) is -0.948. The lowest BCUT2D eigenvalue weighted by atomic mass is 10.2. The van der Waals surface area contributed by atoms with Crippen LogP contribution in [-0.4, -0.2) is 42.2 Å². The molecule has 0 aromatic rings. The van der Waals surface area contributed by atoms with Crippen LogP contribution in [0, 0.1) is 0 Å². The molecule has 0 aromatic heterocycles. The van der Waals surface area contributed by atoms with Gasteiger partial charge in [-0.15, -0.1) is 0 Å². The van der Waals surface area contributed by atoms with Crippen molar-refractivity contribution in [1.29, 1.82) is 0 Å². The molecule has 98 valence electrons. The van der Waals surface area contributed by atoms with Crippen molar-refractivity contribution in [2.45, 2.75) is 18.9 Å². The summed E-state index contributed by atoms with van der Waals surface area (Å²) in [6.45, 7) is -0.549. The van der Waals surface area contributed by atoms with Gasteiger partial charge in [-0.3, -0.25) is 4.99 Å². The minimum Gasteiger partial charge on any atom is -0.384 e. The van der Waals surface area contributed by atoms with E-state index in [4.69, 9.17) is 22.3 Å². The van der Waals surface area contributed by atoms with E-state index >= 15 is 0 Å². The molecule has 1 atom stereocenters. The Labute approximate surface area is 97.5 Å². The van der Waals surface area contributed by atoms with E-state index in [9.17, 15) is 9.59 Å². The lowest BCUT2D eigenvalue weighted by molar-refractivity contribution is -0.261. The molecule has 0 amide bonds. The quantitative estimate of drug-likeness (QED) is 0.130. The van der Waals surface area contributed by atoms with Crippen LogP contribution in [0.25, 0.3) is 0 Å². The molecule has 0 aliphatic carbocycles. The first-order valence-electron chi connectivity index (χ1n) is 4.80. The van der Waals surface area contributed by atoms with Gasteiger partial charge in [0.2, 0.25) is 0 Å². The van der Waals surface area contributed by atoms with E-state index in [1.165, 1.54) is 0 Å². The maximum Gasteiger partial charge on any atom is 0.380 e. The minimum absolute atomic E-state index is 0.0435. The Bertz CT molecular complexity index is 290. The third-order valence-electron chi connectivity index (χ3n) is 1.62. The predicted molar refractivity (Wildman–Crippen MR) is 57.2 cm³/mol. The molecule has 7 N–H and O–H groups in total. The third kappa shape index (κ3) is 7.99. The van der Waals surface area contributed by atoms with Gasteiger partial charge in [0.25, 0.3) is 0 Å². The molecule has 0 saturated carbocycles. The van der Waals surface area contributed by atoms with Gasteiger partial charge < -0.3 is 22.3 Å². The maximum atomic E-state index is 11.1. The highest BCUT2D eigenvalue weighted by Crippen LogP contribution is 1.98. The topological polar surface area (TPSA) is 163 Å². The molecule has 0 aliphatic rings. The van der Waals surface area contributed by atoms with E-state index < -0.39 is 24.6 Å². The number of nitrogens with two attached hydrogens (primary N) is 3. The van der Waals surface area contributed by atoms with Gasteiger partial charge >= 0.3 is 11.9 Å². The van der Waals surface area contributed by atoms with Crippen molar-refractivity contribution in [2.75, 3.05) is 13.2 Å². The molecule has 1 unspecified atom stereocenters. The average Bonchev–Trinajstić information content (AvgIpc) is 2.30. The van der Waals surface area contributed by atoms with Gasteiger partial charge in [-0.2, -0.15) is 0 Å². The number of guanidine groups is 1. The van der Waals surface area contributed by atoms with E-state index in [1.54, 1.807) is 0 Å². The number of aliphatic hydroxyl groups is 1. The number of hydrogen-bond acceptors (Lipinski definition) is 7. The number of hydrogen-bond donors (Lipinski definition) is 4. The molecule has 0 rings (SSSR count). The second kappa shape index (κ2) is 8.30. The summed E-state index contributed by atoms with van der Waals surface area (Å²) in [7, 11) is 0. The average molecular weight is 248 g/mol. The Kier molecular flexibility index (Phi) is 7.39. The maximum absolute atomic E-state index is 11.1. The van der Waals surface area contributed by atoms with E-state index in [2.05, 4.69) is 14.8 Å². The van der Waals surface area contributed by atoms with Crippen LogP contribution >= 0.6 is 0 Å². The Balaban J connectivity index is 3.74. The molecule has 9 heteroatoms. The summed E-state index contributed by atoms with van der Waals surface area (Å²) in [5, 5.41) is 8.28. The van der Waals surface area contributed by atoms with Crippen molar-refractivity contribution in [3.05, 3.63) is 0 Å². The summed E-state index contributed by atoms with van der Waals surface area (Å²) < 4.78 is 0. The zero-order valence-electron chi connectivity index (χ0n) is 9.17. The van der Waals surface area contributed by atoms with Gasteiger partial charge in [-0.05, 0) is 12.8 Å². The molecule has 0 aliphatic heterocycles. The van der Waals surface area contributed by atoms with Crippen LogP contribution in [0.1, 0.15) is 12.8 Å². The van der Waals surface area contributed by atoms with Crippen molar-refractivity contribution in [3.8, 4) is 0 Å². The normalized spacial score (nSPS) is 11.4. The molecular formula is C8H16N4O5. The highest BCUT2D eigenvalue weighted by atomic mass is 17.2. The van der Waals surface area contributed by atoms with Crippen molar-refractivity contribution in [1.82, 2.24) is 0 Å². The Morgan fingerprint density at radius 2 is 1.94 bits per heavy atom. The number of aliphatic imine (C=N–C) groups is 1. The summed E-state index contributed by atoms with van der Waals surface area (Å²) in [5.41, 5.74) is 15.6. The Hall–Kier alpha value is -1.87. The SMILES string of the molecule is NC(N)=NCCCC(N)C(=O)OOC(=O)CO. The van der Waals surface area contributed by atoms with Gasteiger partial charge in [-0.25, -0.2) is 19.4 Å². The number of carbonyl (C=O) groups is 2. The number of nitrogens with zero attached hydrogens (tertiary/aromatic N) is 1. The zero-order chi connectivity index (χ0) is 13.3. The molecule has 0 heterocycles. The number of carbonyl (C=O) groups excluding carboxylic acids is 2. The van der Waals surface area contributed by atoms with Crippen molar-refractivity contribution in [3.63, 3.8) is 0 Å². The van der Waals surface area contributed by atoms with Crippen LogP contribution in [0.2, 0.25) is 0 Å². The monoisotopic (exact) mass is 248 g/mol. The number of aliphatic hydroxyl groups excluding tert-OH is 1. The molecule has 0 saturated heterocycles. The van der Waals surface area contributed by atoms with Crippen molar-refractivity contribution in [2.24, 2.45) is 22.2 Å². The van der Waals surface area contributed by atoms with Crippen LogP contribution < -0.4 is 17.2 Å². The zero-order valence-corrected chi connectivity index (χ0v) is 9.17. The molecule has 17 heavy (non-hydrogen) atoms. The largest absolute Gasteiger partial charge is 0.384 e. The Morgan fingerprint density at radius 1 is 1.29 bits per heavy atom. The van der Waals surface area contributed by atoms with Crippen LogP contribution in [0.4, 0.5) is 0 Å². The summed E-state index contributed by atoms with van der Waals surface area (Å²) in [6.07, 6.45) is 0.744. The van der Waals surface area contributed by atoms with Gasteiger partial charge in [-0.1, -0.05) is 0 Å². The molecule has 0 bridgehead atoms. The smallest absolute Gasteiger partial charge is 0.380 e. The highest BCUT2D eigenvalue weighted by molar-refractivity contribution is 5.77. The molecule has 0 aromatic carbocycles. The second-order valence-electron chi connectivity index (χ2n) is 3.07. The second-order valence-corrected chi connectivity index (χ2v) is 3.07. The highest BCUT2D eigenvalue weighted by Gasteiger charge is 2.17. The van der Waals surface area contributed by atoms with Crippen LogP contribution in [0.5, 0.6) is 0 Å². The van der Waals surface area contributed by atoms with E-state index in [0.29, 0.717) is 13.0 Å². The van der Waals surface area contributed by atoms with Crippen LogP contribution in [0.15, 0.2) is 4.99 Å². The molecule has 0 fully saturated rings. The standard InChI is InChI=1S/C8H16N4O5/c9-5(2-1-3-12-8(10)11)7(15)17-16-6(14)4-13/h5,13H,1-4,9H2,(H4,10,11,12). The first kappa shape index (κ1) is 15.1. The lowest BCUT2D eigenvalue weighted by Gasteiger charge is -2.08. The molecule has 9 nitrogen and oxygen atoms in total. The van der Waals surface area contributed by atoms with E-state index in [-0.39, 0.29) is 12.4 Å². The summed E-state index contributed by atoms with van der Waals surface area (Å²) in [5.74, 6) is -2.03. The number of rotatable bonds is 6. The first-order chi connectivity index (χ1) is 7.97. The summed E-state index contributed by atoms with van der Waals surface area (Å²) >= 11 is 0. The fourth-order valence-corrected chi connectivity index (χ4v) is 0.813. The Morgan fingerprint density at radius 3 is 2.47 bits per heavy atom. The third-order valence-corrected chi connectivity index (χ3v) is 1.62. The van der Waals surface area contributed by atoms with E-state index in [0.717, 1.165) is 0 Å². The van der Waals surface area contributed by atoms with Crippen LogP contribution in [-0.2, 0) is 19.4 Å². The van der Waals surface area contributed by atoms with Gasteiger partial charge in [0.1, 0.15) is 12.6 Å². The fraction of sp³-hybridized carbons (Fsp3) is 0.625. The van der Waals surface area contributed by atoms with Gasteiger partial charge in [0.05, 0.1) is 0 Å². The molecule has 0 radical (unpaired) electrons. The first-order valence-corrected chi connectivity index (χ1v) is 4.80. The molecular weight excluding hydrogens is 232 g/mol. The lowest BCUT2D eigenvalue weighted by Crippen LogP contribution is -2.33. The predicted octanol–water partition coefficient (Wildman–Crippen LogP) is -2.64. The van der Waals surface area contributed by atoms with Crippen LogP contribution in [0.3, 0.4) is 0 Å². The van der Waals surface area contributed by atoms with E-state index in [1.807, 2.05) is 0 Å². The fourth-order valence-electron chi connectivity index (χ4n) is 0.813. The van der Waals surface area contributed by atoms with Crippen molar-refractivity contribution >= 4 is 17.9 Å². The van der Waals surface area contributed by atoms with Crippen molar-refractivity contribution < 1.29 is 24.5 Å².